The van der Waals surface area contributed by atoms with E-state index >= 15 is 0 Å². The number of fused-ring (bicyclic) bond motifs is 1. The van der Waals surface area contributed by atoms with E-state index in [9.17, 15) is 10.4 Å². The molecule has 4 N–H and O–H groups in total. The monoisotopic (exact) mass is 459 g/mol. The SMILES string of the molecule is N#Cc1ccc2nccc(Nc3ccc(C(O)Nc4ccc(Nc5ccncn5)cc4)cc3)c2c1. The molecule has 2 heterocycles. The van der Waals surface area contributed by atoms with Crippen LogP contribution in [-0.2, 0) is 0 Å². The van der Waals surface area contributed by atoms with Gasteiger partial charge in [-0.2, -0.15) is 5.26 Å². The van der Waals surface area contributed by atoms with Gasteiger partial charge >= 0.3 is 0 Å². The Morgan fingerprint density at radius 1 is 0.771 bits per heavy atom. The number of hydrogen-bond acceptors (Lipinski definition) is 8. The van der Waals surface area contributed by atoms with E-state index in [1.807, 2.05) is 66.7 Å². The van der Waals surface area contributed by atoms with Gasteiger partial charge in [0.1, 0.15) is 12.1 Å². The van der Waals surface area contributed by atoms with E-state index in [1.54, 1.807) is 24.5 Å². The van der Waals surface area contributed by atoms with Gasteiger partial charge in [0.05, 0.1) is 17.1 Å². The largest absolute Gasteiger partial charge is 0.369 e. The number of aliphatic hydroxyl groups excluding tert-OH is 1. The molecule has 170 valence electrons. The summed E-state index contributed by atoms with van der Waals surface area (Å²) in [5.74, 6) is 0.708. The number of rotatable bonds is 7. The van der Waals surface area contributed by atoms with Gasteiger partial charge in [-0.3, -0.25) is 4.98 Å². The van der Waals surface area contributed by atoms with Gasteiger partial charge in [-0.1, -0.05) is 12.1 Å². The molecule has 0 saturated heterocycles. The number of aliphatic hydroxyl groups is 1. The van der Waals surface area contributed by atoms with Gasteiger partial charge in [0.15, 0.2) is 6.23 Å². The van der Waals surface area contributed by atoms with Crippen molar-refractivity contribution in [2.75, 3.05) is 16.0 Å². The van der Waals surface area contributed by atoms with Crippen molar-refractivity contribution in [1.82, 2.24) is 15.0 Å². The predicted molar refractivity (Wildman–Crippen MR) is 137 cm³/mol. The van der Waals surface area contributed by atoms with Crippen LogP contribution >= 0.6 is 0 Å². The number of nitrogens with zero attached hydrogens (tertiary/aromatic N) is 4. The van der Waals surface area contributed by atoms with Crippen molar-refractivity contribution in [1.29, 1.82) is 5.26 Å². The maximum Gasteiger partial charge on any atom is 0.150 e. The minimum absolute atomic E-state index is 0.580. The quantitative estimate of drug-likeness (QED) is 0.236. The van der Waals surface area contributed by atoms with E-state index in [0.717, 1.165) is 39.2 Å². The Bertz CT molecular complexity index is 1480. The van der Waals surface area contributed by atoms with Crippen LogP contribution in [0.4, 0.5) is 28.6 Å². The van der Waals surface area contributed by atoms with Crippen molar-refractivity contribution in [3.05, 3.63) is 109 Å². The number of pyridine rings is 1. The summed E-state index contributed by atoms with van der Waals surface area (Å²) in [5.41, 5.74) is 5.49. The standard InChI is InChI=1S/C27H21N7O/c28-16-18-1-10-24-23(15-18)25(11-14-30-24)32-20-4-2-19(3-5-20)27(35)34-22-8-6-21(7-9-22)33-26-12-13-29-17-31-26/h1-15,17,27,34-35H,(H,30,32)(H,29,31,33). The number of hydrogen-bond donors (Lipinski definition) is 4. The Labute approximate surface area is 202 Å². The molecule has 35 heavy (non-hydrogen) atoms. The highest BCUT2D eigenvalue weighted by molar-refractivity contribution is 5.93. The van der Waals surface area contributed by atoms with Crippen molar-refractivity contribution < 1.29 is 5.11 Å². The smallest absolute Gasteiger partial charge is 0.150 e. The van der Waals surface area contributed by atoms with Crippen molar-refractivity contribution in [3.63, 3.8) is 0 Å². The van der Waals surface area contributed by atoms with Crippen LogP contribution in [-0.4, -0.2) is 20.1 Å². The highest BCUT2D eigenvalue weighted by Gasteiger charge is 2.09. The van der Waals surface area contributed by atoms with Gasteiger partial charge in [0.25, 0.3) is 0 Å². The van der Waals surface area contributed by atoms with E-state index in [0.29, 0.717) is 11.4 Å². The van der Waals surface area contributed by atoms with Gasteiger partial charge in [-0.25, -0.2) is 9.97 Å². The van der Waals surface area contributed by atoms with Crippen LogP contribution in [0.5, 0.6) is 0 Å². The Balaban J connectivity index is 1.24. The average molecular weight is 460 g/mol. The lowest BCUT2D eigenvalue weighted by atomic mass is 10.1. The summed E-state index contributed by atoms with van der Waals surface area (Å²) < 4.78 is 0. The summed E-state index contributed by atoms with van der Waals surface area (Å²) >= 11 is 0. The summed E-state index contributed by atoms with van der Waals surface area (Å²) in [6.45, 7) is 0. The first-order valence-electron chi connectivity index (χ1n) is 10.9. The van der Waals surface area contributed by atoms with Crippen LogP contribution in [0.1, 0.15) is 17.4 Å². The first-order valence-corrected chi connectivity index (χ1v) is 10.9. The van der Waals surface area contributed by atoms with Crippen molar-refractivity contribution in [2.24, 2.45) is 0 Å². The highest BCUT2D eigenvalue weighted by atomic mass is 16.3. The van der Waals surface area contributed by atoms with Crippen LogP contribution in [0.3, 0.4) is 0 Å². The molecule has 0 fully saturated rings. The molecule has 0 bridgehead atoms. The molecule has 0 aliphatic carbocycles. The van der Waals surface area contributed by atoms with Gasteiger partial charge in [0.2, 0.25) is 0 Å². The molecule has 0 saturated carbocycles. The van der Waals surface area contributed by atoms with E-state index < -0.39 is 6.23 Å². The summed E-state index contributed by atoms with van der Waals surface area (Å²) in [6.07, 6.45) is 4.02. The molecule has 3 aromatic carbocycles. The van der Waals surface area contributed by atoms with E-state index in [1.165, 1.54) is 6.33 Å². The fourth-order valence-electron chi connectivity index (χ4n) is 3.63. The lowest BCUT2D eigenvalue weighted by molar-refractivity contribution is 0.208. The summed E-state index contributed by atoms with van der Waals surface area (Å²) in [5, 5.41) is 30.4. The lowest BCUT2D eigenvalue weighted by Crippen LogP contribution is -2.09. The van der Waals surface area contributed by atoms with Gasteiger partial charge in [-0.15, -0.1) is 0 Å². The zero-order valence-corrected chi connectivity index (χ0v) is 18.6. The predicted octanol–water partition coefficient (Wildman–Crippen LogP) is 5.49. The number of anilines is 5. The fraction of sp³-hybridized carbons (Fsp3) is 0.0370. The molecule has 8 heteroatoms. The van der Waals surface area contributed by atoms with E-state index in [2.05, 4.69) is 37.0 Å². The zero-order chi connectivity index (χ0) is 24.0. The first-order chi connectivity index (χ1) is 17.2. The molecule has 1 atom stereocenters. The maximum absolute atomic E-state index is 10.7. The molecular formula is C27H21N7O. The number of benzene rings is 3. The van der Waals surface area contributed by atoms with Crippen LogP contribution < -0.4 is 16.0 Å². The van der Waals surface area contributed by atoms with Crippen molar-refractivity contribution in [3.8, 4) is 6.07 Å². The third-order valence-corrected chi connectivity index (χ3v) is 5.42. The van der Waals surface area contributed by atoms with Crippen molar-refractivity contribution in [2.45, 2.75) is 6.23 Å². The zero-order valence-electron chi connectivity index (χ0n) is 18.6. The summed E-state index contributed by atoms with van der Waals surface area (Å²) in [4.78, 5) is 12.4. The van der Waals surface area contributed by atoms with Crippen LogP contribution in [0, 0.1) is 11.3 Å². The third-order valence-electron chi connectivity index (χ3n) is 5.42. The third kappa shape index (κ3) is 5.16. The second kappa shape index (κ2) is 9.87. The average Bonchev–Trinajstić information content (AvgIpc) is 2.91. The normalized spacial score (nSPS) is 11.4. The van der Waals surface area contributed by atoms with E-state index in [4.69, 9.17) is 0 Å². The minimum Gasteiger partial charge on any atom is -0.369 e. The first kappa shape index (κ1) is 21.8. The van der Waals surface area contributed by atoms with Gasteiger partial charge in [0, 0.05) is 46.1 Å². The number of aromatic nitrogens is 3. The maximum atomic E-state index is 10.7. The van der Waals surface area contributed by atoms with Gasteiger partial charge in [-0.05, 0) is 66.7 Å². The second-order valence-electron chi connectivity index (χ2n) is 7.79. The number of nitrogens with one attached hydrogen (secondary N) is 3. The molecule has 1 unspecified atom stereocenters. The summed E-state index contributed by atoms with van der Waals surface area (Å²) in [6, 6.07) is 26.3. The molecule has 0 spiro atoms. The topological polar surface area (TPSA) is 119 Å². The molecule has 8 nitrogen and oxygen atoms in total. The Morgan fingerprint density at radius 3 is 2.26 bits per heavy atom. The molecule has 5 aromatic rings. The molecule has 5 rings (SSSR count). The fourth-order valence-corrected chi connectivity index (χ4v) is 3.63. The Hall–Kier alpha value is -5.00. The molecule has 0 aliphatic rings. The van der Waals surface area contributed by atoms with Crippen LogP contribution in [0.15, 0.2) is 97.6 Å². The number of nitriles is 1. The highest BCUT2D eigenvalue weighted by Crippen LogP contribution is 2.27. The molecular weight excluding hydrogens is 438 g/mol. The van der Waals surface area contributed by atoms with E-state index in [-0.39, 0.29) is 0 Å². The molecule has 0 aliphatic heterocycles. The lowest BCUT2D eigenvalue weighted by Gasteiger charge is -2.16. The minimum atomic E-state index is -0.871. The second-order valence-corrected chi connectivity index (χ2v) is 7.79. The van der Waals surface area contributed by atoms with Crippen LogP contribution in [0.25, 0.3) is 10.9 Å². The molecule has 0 radical (unpaired) electrons. The summed E-state index contributed by atoms with van der Waals surface area (Å²) in [7, 11) is 0. The van der Waals surface area contributed by atoms with Crippen molar-refractivity contribution >= 4 is 39.5 Å². The molecule has 2 aromatic heterocycles. The van der Waals surface area contributed by atoms with Crippen LogP contribution in [0.2, 0.25) is 0 Å². The molecule has 0 amide bonds. The Kier molecular flexibility index (Phi) is 6.15. The van der Waals surface area contributed by atoms with Gasteiger partial charge < -0.3 is 21.1 Å². The Morgan fingerprint density at radius 2 is 1.51 bits per heavy atom.